The second kappa shape index (κ2) is 9.86. The predicted octanol–water partition coefficient (Wildman–Crippen LogP) is 4.16. The number of hydrogen-bond donors (Lipinski definition) is 1. The van der Waals surface area contributed by atoms with Gasteiger partial charge in [0.05, 0.1) is 33.3 Å². The lowest BCUT2D eigenvalue weighted by Crippen LogP contribution is -2.28. The van der Waals surface area contributed by atoms with Crippen molar-refractivity contribution >= 4 is 5.91 Å². The van der Waals surface area contributed by atoms with Crippen LogP contribution in [0, 0.1) is 5.92 Å². The summed E-state index contributed by atoms with van der Waals surface area (Å²) in [5, 5.41) is 3.03. The molecule has 0 aliphatic rings. The van der Waals surface area contributed by atoms with E-state index in [-0.39, 0.29) is 11.9 Å². The fourth-order valence-electron chi connectivity index (χ4n) is 2.63. The maximum atomic E-state index is 12.4. The van der Waals surface area contributed by atoms with Crippen LogP contribution in [0.1, 0.15) is 37.9 Å². The number of rotatable bonds is 9. The minimum Gasteiger partial charge on any atom is -0.497 e. The first-order chi connectivity index (χ1) is 12.9. The van der Waals surface area contributed by atoms with E-state index in [9.17, 15) is 4.79 Å². The number of carbonyl (C=O) groups excluding carboxylic acids is 1. The molecule has 5 heteroatoms. The number of carbonyl (C=O) groups is 1. The van der Waals surface area contributed by atoms with Crippen LogP contribution >= 0.6 is 0 Å². The quantitative estimate of drug-likeness (QED) is 0.719. The third-order valence-corrected chi connectivity index (χ3v) is 4.16. The Morgan fingerprint density at radius 1 is 0.963 bits per heavy atom. The van der Waals surface area contributed by atoms with E-state index in [0.29, 0.717) is 30.4 Å². The molecule has 2 aromatic carbocycles. The predicted molar refractivity (Wildman–Crippen MR) is 107 cm³/mol. The first kappa shape index (κ1) is 20.6. The summed E-state index contributed by atoms with van der Waals surface area (Å²) in [4.78, 5) is 12.4. The molecule has 27 heavy (non-hydrogen) atoms. The van der Waals surface area contributed by atoms with E-state index in [2.05, 4.69) is 19.2 Å². The Hall–Kier alpha value is -2.69. The number of nitrogens with one attached hydrogen (secondary N) is 1. The minimum atomic E-state index is -0.135. The Bertz CT molecular complexity index is 740. The number of hydrogen-bond acceptors (Lipinski definition) is 4. The molecule has 1 unspecified atom stereocenters. The fraction of sp³-hybridized carbons (Fsp3) is 0.409. The van der Waals surface area contributed by atoms with Gasteiger partial charge in [-0.05, 0) is 48.2 Å². The summed E-state index contributed by atoms with van der Waals surface area (Å²) in [5.41, 5.74) is 1.90. The van der Waals surface area contributed by atoms with E-state index < -0.39 is 0 Å². The molecule has 0 saturated carbocycles. The van der Waals surface area contributed by atoms with E-state index in [1.165, 1.54) is 0 Å². The van der Waals surface area contributed by atoms with Crippen molar-refractivity contribution in [1.82, 2.24) is 5.32 Å². The molecule has 2 aromatic rings. The van der Waals surface area contributed by atoms with Crippen molar-refractivity contribution in [2.45, 2.75) is 33.2 Å². The smallest absolute Gasteiger partial charge is 0.224 e. The summed E-state index contributed by atoms with van der Waals surface area (Å²) in [6.07, 6.45) is 0.320. The van der Waals surface area contributed by atoms with Crippen LogP contribution in [0.15, 0.2) is 42.5 Å². The molecular formula is C22H29NO4. The number of benzene rings is 2. The van der Waals surface area contributed by atoms with Crippen LogP contribution in [0.3, 0.4) is 0 Å². The normalized spacial score (nSPS) is 11.8. The van der Waals surface area contributed by atoms with Crippen LogP contribution < -0.4 is 19.5 Å². The van der Waals surface area contributed by atoms with Gasteiger partial charge in [0.25, 0.3) is 0 Å². The summed E-state index contributed by atoms with van der Waals surface area (Å²) in [6.45, 7) is 6.78. The highest BCUT2D eigenvalue weighted by molar-refractivity contribution is 5.79. The van der Waals surface area contributed by atoms with Gasteiger partial charge < -0.3 is 19.5 Å². The SMILES string of the molecule is COc1ccc(CC(=O)NC(C)c2ccc(OCC(C)C)c(OC)c2)cc1. The Labute approximate surface area is 161 Å². The average molecular weight is 371 g/mol. The van der Waals surface area contributed by atoms with E-state index in [1.54, 1.807) is 14.2 Å². The van der Waals surface area contributed by atoms with E-state index in [1.807, 2.05) is 49.4 Å². The van der Waals surface area contributed by atoms with Gasteiger partial charge in [0.15, 0.2) is 11.5 Å². The zero-order valence-electron chi connectivity index (χ0n) is 16.7. The highest BCUT2D eigenvalue weighted by Crippen LogP contribution is 2.30. The van der Waals surface area contributed by atoms with Crippen LogP contribution in [-0.4, -0.2) is 26.7 Å². The zero-order valence-corrected chi connectivity index (χ0v) is 16.7. The van der Waals surface area contributed by atoms with Gasteiger partial charge >= 0.3 is 0 Å². The van der Waals surface area contributed by atoms with Crippen molar-refractivity contribution in [3.63, 3.8) is 0 Å². The van der Waals surface area contributed by atoms with Gasteiger partial charge in [-0.1, -0.05) is 32.0 Å². The van der Waals surface area contributed by atoms with Gasteiger partial charge in [0, 0.05) is 0 Å². The molecule has 146 valence electrons. The molecule has 0 bridgehead atoms. The van der Waals surface area contributed by atoms with Gasteiger partial charge in [0.1, 0.15) is 5.75 Å². The van der Waals surface area contributed by atoms with Crippen LogP contribution in [0.4, 0.5) is 0 Å². The van der Waals surface area contributed by atoms with E-state index >= 15 is 0 Å². The third-order valence-electron chi connectivity index (χ3n) is 4.16. The lowest BCUT2D eigenvalue weighted by atomic mass is 10.1. The van der Waals surface area contributed by atoms with Gasteiger partial charge in [-0.25, -0.2) is 0 Å². The standard InChI is InChI=1S/C22H29NO4/c1-15(2)14-27-20-11-8-18(13-21(20)26-5)16(3)23-22(24)12-17-6-9-19(25-4)10-7-17/h6-11,13,15-16H,12,14H2,1-5H3,(H,23,24). The largest absolute Gasteiger partial charge is 0.497 e. The summed E-state index contributed by atoms with van der Waals surface area (Å²) in [6, 6.07) is 13.1. The molecule has 2 rings (SSSR count). The van der Waals surface area contributed by atoms with Crippen molar-refractivity contribution < 1.29 is 19.0 Å². The number of amides is 1. The molecule has 1 amide bonds. The van der Waals surface area contributed by atoms with Crippen LogP contribution in [0.5, 0.6) is 17.2 Å². The molecule has 0 fully saturated rings. The molecule has 1 N–H and O–H groups in total. The first-order valence-electron chi connectivity index (χ1n) is 9.16. The summed E-state index contributed by atoms with van der Waals surface area (Å²) < 4.78 is 16.4. The molecule has 5 nitrogen and oxygen atoms in total. The summed E-state index contributed by atoms with van der Waals surface area (Å²) >= 11 is 0. The minimum absolute atomic E-state index is 0.0354. The zero-order chi connectivity index (χ0) is 19.8. The molecule has 0 spiro atoms. The fourth-order valence-corrected chi connectivity index (χ4v) is 2.63. The Kier molecular flexibility index (Phi) is 7.53. The maximum Gasteiger partial charge on any atom is 0.224 e. The highest BCUT2D eigenvalue weighted by Gasteiger charge is 2.14. The number of methoxy groups -OCH3 is 2. The van der Waals surface area contributed by atoms with E-state index in [4.69, 9.17) is 14.2 Å². The second-order valence-corrected chi connectivity index (χ2v) is 6.93. The molecule has 0 aromatic heterocycles. The average Bonchev–Trinajstić information content (AvgIpc) is 2.66. The molecule has 0 heterocycles. The Balaban J connectivity index is 1.99. The van der Waals surface area contributed by atoms with Crippen molar-refractivity contribution in [3.8, 4) is 17.2 Å². The van der Waals surface area contributed by atoms with E-state index in [0.717, 1.165) is 16.9 Å². The lowest BCUT2D eigenvalue weighted by Gasteiger charge is -2.18. The van der Waals surface area contributed by atoms with Crippen LogP contribution in [-0.2, 0) is 11.2 Å². The Morgan fingerprint density at radius 2 is 1.67 bits per heavy atom. The summed E-state index contributed by atoms with van der Waals surface area (Å²) in [7, 11) is 3.24. The monoisotopic (exact) mass is 371 g/mol. The number of ether oxygens (including phenoxy) is 3. The lowest BCUT2D eigenvalue weighted by molar-refractivity contribution is -0.121. The van der Waals surface area contributed by atoms with Crippen molar-refractivity contribution in [3.05, 3.63) is 53.6 Å². The molecule has 0 radical (unpaired) electrons. The van der Waals surface area contributed by atoms with Gasteiger partial charge in [-0.3, -0.25) is 4.79 Å². The molecule has 0 aliphatic heterocycles. The van der Waals surface area contributed by atoms with Crippen LogP contribution in [0.25, 0.3) is 0 Å². The van der Waals surface area contributed by atoms with Gasteiger partial charge in [0.2, 0.25) is 5.91 Å². The van der Waals surface area contributed by atoms with Crippen LogP contribution in [0.2, 0.25) is 0 Å². The third kappa shape index (κ3) is 6.20. The van der Waals surface area contributed by atoms with Gasteiger partial charge in [-0.15, -0.1) is 0 Å². The molecule has 0 aliphatic carbocycles. The second-order valence-electron chi connectivity index (χ2n) is 6.93. The highest BCUT2D eigenvalue weighted by atomic mass is 16.5. The topological polar surface area (TPSA) is 56.8 Å². The molecule has 0 saturated heterocycles. The van der Waals surface area contributed by atoms with Gasteiger partial charge in [-0.2, -0.15) is 0 Å². The Morgan fingerprint density at radius 3 is 2.26 bits per heavy atom. The summed E-state index contributed by atoms with van der Waals surface area (Å²) in [5.74, 6) is 2.56. The van der Waals surface area contributed by atoms with Crippen molar-refractivity contribution in [2.75, 3.05) is 20.8 Å². The molecule has 1 atom stereocenters. The van der Waals surface area contributed by atoms with Crippen molar-refractivity contribution in [1.29, 1.82) is 0 Å². The van der Waals surface area contributed by atoms with Crippen molar-refractivity contribution in [2.24, 2.45) is 5.92 Å². The first-order valence-corrected chi connectivity index (χ1v) is 9.16. The maximum absolute atomic E-state index is 12.4. The molecular weight excluding hydrogens is 342 g/mol.